The number of aryl methyl sites for hydroxylation is 2. The number of carboxylic acids is 1. The Morgan fingerprint density at radius 1 is 0.943 bits per heavy atom. The zero-order valence-corrected chi connectivity index (χ0v) is 21.0. The van der Waals surface area contributed by atoms with Crippen molar-refractivity contribution < 1.29 is 14.7 Å². The van der Waals surface area contributed by atoms with Gasteiger partial charge in [-0.05, 0) is 47.6 Å². The molecule has 2 atom stereocenters. The lowest BCUT2D eigenvalue weighted by atomic mass is 9.80. The molecule has 6 nitrogen and oxygen atoms in total. The number of piperidine rings is 1. The number of benzene rings is 2. The summed E-state index contributed by atoms with van der Waals surface area (Å²) in [7, 11) is 0. The Bertz CT molecular complexity index is 1130. The zero-order chi connectivity index (χ0) is 23.2. The number of aliphatic carboxylic acids is 1. The first-order valence-electron chi connectivity index (χ1n) is 11.3. The van der Waals surface area contributed by atoms with Crippen LogP contribution in [0.15, 0.2) is 73.1 Å². The normalized spacial score (nSPS) is 17.1. The molecule has 3 N–H and O–H groups in total. The van der Waals surface area contributed by atoms with Crippen LogP contribution >= 0.6 is 24.8 Å². The first kappa shape index (κ1) is 28.3. The molecule has 0 radical (unpaired) electrons. The molecule has 1 aromatic heterocycles. The van der Waals surface area contributed by atoms with E-state index in [9.17, 15) is 14.7 Å². The van der Waals surface area contributed by atoms with E-state index in [0.29, 0.717) is 25.1 Å². The number of nitrogens with two attached hydrogens (primary N) is 1. The second-order valence-corrected chi connectivity index (χ2v) is 8.61. The Labute approximate surface area is 218 Å². The number of carboxylic acid groups (broad SMARTS) is 1. The minimum atomic E-state index is -0.884. The number of rotatable bonds is 7. The van der Waals surface area contributed by atoms with E-state index in [4.69, 9.17) is 5.73 Å². The maximum atomic E-state index is 13.2. The maximum absolute atomic E-state index is 13.2. The van der Waals surface area contributed by atoms with Gasteiger partial charge in [0.1, 0.15) is 0 Å². The monoisotopic (exact) mass is 515 g/mol. The van der Waals surface area contributed by atoms with Crippen molar-refractivity contribution in [1.82, 2.24) is 9.88 Å². The molecule has 8 heteroatoms. The van der Waals surface area contributed by atoms with E-state index in [0.717, 1.165) is 29.5 Å². The quantitative estimate of drug-likeness (QED) is 0.482. The summed E-state index contributed by atoms with van der Waals surface area (Å²) >= 11 is 0. The molecule has 0 spiro atoms. The van der Waals surface area contributed by atoms with Crippen molar-refractivity contribution in [2.24, 2.45) is 11.7 Å². The number of aromatic nitrogens is 1. The number of hydrogen-bond donors (Lipinski definition) is 2. The average molecular weight is 516 g/mol. The Hall–Kier alpha value is -2.93. The second-order valence-electron chi connectivity index (χ2n) is 8.61. The van der Waals surface area contributed by atoms with Crippen molar-refractivity contribution in [2.45, 2.75) is 31.7 Å². The highest BCUT2D eigenvalue weighted by Gasteiger charge is 2.37. The molecule has 2 aromatic carbocycles. The highest BCUT2D eigenvalue weighted by atomic mass is 35.5. The van der Waals surface area contributed by atoms with Crippen LogP contribution < -0.4 is 5.73 Å². The van der Waals surface area contributed by atoms with Crippen molar-refractivity contribution >= 4 is 36.7 Å². The van der Waals surface area contributed by atoms with Crippen LogP contribution in [-0.2, 0) is 24.2 Å². The maximum Gasteiger partial charge on any atom is 0.308 e. The summed E-state index contributed by atoms with van der Waals surface area (Å²) in [6, 6.07) is 19.9. The molecular formula is C27H31Cl2N3O3. The number of hydrogen-bond acceptors (Lipinski definition) is 4. The molecule has 35 heavy (non-hydrogen) atoms. The predicted octanol–water partition coefficient (Wildman–Crippen LogP) is 4.50. The fourth-order valence-electron chi connectivity index (χ4n) is 4.59. The summed E-state index contributed by atoms with van der Waals surface area (Å²) in [5, 5.41) is 9.91. The van der Waals surface area contributed by atoms with E-state index in [2.05, 4.69) is 17.1 Å². The van der Waals surface area contributed by atoms with E-state index >= 15 is 0 Å². The standard InChI is InChI=1S/C27H29N3O3.2ClH/c28-15-20-7-4-8-22(13-20)24-11-12-30(18-25(24)27(32)33)26(31)23-14-21(16-29-17-23)10-9-19-5-2-1-3-6-19;;/h1-8,13-14,16-17,24-25H,9-12,15,18,28H2,(H,32,33);2*1H/t24-,25+;;/m0../s1. The molecule has 0 bridgehead atoms. The number of halogens is 2. The van der Waals surface area contributed by atoms with E-state index in [1.54, 1.807) is 17.3 Å². The van der Waals surface area contributed by atoms with E-state index < -0.39 is 11.9 Å². The highest BCUT2D eigenvalue weighted by Crippen LogP contribution is 2.34. The van der Waals surface area contributed by atoms with Crippen LogP contribution in [0.1, 0.15) is 45.0 Å². The third kappa shape index (κ3) is 7.04. The molecule has 2 heterocycles. The summed E-state index contributed by atoms with van der Waals surface area (Å²) in [6.45, 7) is 1.10. The first-order valence-corrected chi connectivity index (χ1v) is 11.3. The highest BCUT2D eigenvalue weighted by molar-refractivity contribution is 5.94. The third-order valence-electron chi connectivity index (χ3n) is 6.42. The van der Waals surface area contributed by atoms with E-state index in [1.807, 2.05) is 48.5 Å². The van der Waals surface area contributed by atoms with Gasteiger partial charge in [-0.1, -0.05) is 54.6 Å². The van der Waals surface area contributed by atoms with Crippen LogP contribution in [0.4, 0.5) is 0 Å². The van der Waals surface area contributed by atoms with Gasteiger partial charge in [0.2, 0.25) is 0 Å². The van der Waals surface area contributed by atoms with E-state index in [-0.39, 0.29) is 43.2 Å². The fourth-order valence-corrected chi connectivity index (χ4v) is 4.59. The van der Waals surface area contributed by atoms with Crippen LogP contribution in [0.25, 0.3) is 0 Å². The smallest absolute Gasteiger partial charge is 0.308 e. The van der Waals surface area contributed by atoms with Crippen molar-refractivity contribution in [2.75, 3.05) is 13.1 Å². The minimum absolute atomic E-state index is 0. The number of likely N-dealkylation sites (tertiary alicyclic amines) is 1. The third-order valence-corrected chi connectivity index (χ3v) is 6.42. The van der Waals surface area contributed by atoms with Gasteiger partial charge in [0, 0.05) is 37.9 Å². The van der Waals surface area contributed by atoms with Crippen LogP contribution in [0.3, 0.4) is 0 Å². The number of carbonyl (C=O) groups is 2. The zero-order valence-electron chi connectivity index (χ0n) is 19.4. The number of carbonyl (C=O) groups excluding carboxylic acids is 1. The summed E-state index contributed by atoms with van der Waals surface area (Å²) in [6.07, 6.45) is 5.61. The van der Waals surface area contributed by atoms with Gasteiger partial charge in [-0.3, -0.25) is 14.6 Å². The van der Waals surface area contributed by atoms with Gasteiger partial charge in [0.25, 0.3) is 5.91 Å². The summed E-state index contributed by atoms with van der Waals surface area (Å²) < 4.78 is 0. The van der Waals surface area contributed by atoms with Crippen molar-refractivity contribution in [3.63, 3.8) is 0 Å². The second kappa shape index (κ2) is 13.2. The first-order chi connectivity index (χ1) is 16.0. The lowest BCUT2D eigenvalue weighted by molar-refractivity contribution is -0.144. The molecule has 1 amide bonds. The Balaban J connectivity index is 0.00000216. The predicted molar refractivity (Wildman–Crippen MR) is 141 cm³/mol. The van der Waals surface area contributed by atoms with Gasteiger partial charge < -0.3 is 15.7 Å². The summed E-state index contributed by atoms with van der Waals surface area (Å²) in [5.74, 6) is -1.85. The van der Waals surface area contributed by atoms with Crippen LogP contribution in [0, 0.1) is 5.92 Å². The van der Waals surface area contributed by atoms with Crippen LogP contribution in [-0.4, -0.2) is 40.0 Å². The molecule has 3 aromatic rings. The molecule has 186 valence electrons. The minimum Gasteiger partial charge on any atom is -0.481 e. The SMILES string of the molecule is Cl.Cl.NCc1cccc([C@@H]2CCN(C(=O)c3cncc(CCc4ccccc4)c3)C[C@H]2C(=O)O)c1. The summed E-state index contributed by atoms with van der Waals surface area (Å²) in [4.78, 5) is 31.2. The van der Waals surface area contributed by atoms with Crippen molar-refractivity contribution in [1.29, 1.82) is 0 Å². The molecular weight excluding hydrogens is 485 g/mol. The lowest BCUT2D eigenvalue weighted by Gasteiger charge is -2.37. The van der Waals surface area contributed by atoms with Crippen LogP contribution in [0.2, 0.25) is 0 Å². The van der Waals surface area contributed by atoms with Gasteiger partial charge in [-0.2, -0.15) is 0 Å². The van der Waals surface area contributed by atoms with Crippen molar-refractivity contribution in [3.8, 4) is 0 Å². The molecule has 0 aliphatic carbocycles. The Morgan fingerprint density at radius 3 is 2.37 bits per heavy atom. The number of pyridine rings is 1. The van der Waals surface area contributed by atoms with Crippen molar-refractivity contribution in [3.05, 3.63) is 101 Å². The molecule has 0 unspecified atom stereocenters. The average Bonchev–Trinajstić information content (AvgIpc) is 2.87. The molecule has 1 aliphatic rings. The van der Waals surface area contributed by atoms with Gasteiger partial charge >= 0.3 is 5.97 Å². The molecule has 4 rings (SSSR count). The molecule has 1 aliphatic heterocycles. The molecule has 1 saturated heterocycles. The van der Waals surface area contributed by atoms with E-state index in [1.165, 1.54) is 5.56 Å². The Morgan fingerprint density at radius 2 is 1.66 bits per heavy atom. The fraction of sp³-hybridized carbons (Fsp3) is 0.296. The number of amides is 1. The Kier molecular flexibility index (Phi) is 10.7. The number of nitrogens with zero attached hydrogens (tertiary/aromatic N) is 2. The topological polar surface area (TPSA) is 96.5 Å². The van der Waals surface area contributed by atoms with Gasteiger partial charge in [-0.25, -0.2) is 0 Å². The molecule has 0 saturated carbocycles. The summed E-state index contributed by atoms with van der Waals surface area (Å²) in [5.41, 5.74) is 10.5. The van der Waals surface area contributed by atoms with Crippen LogP contribution in [0.5, 0.6) is 0 Å². The largest absolute Gasteiger partial charge is 0.481 e. The van der Waals surface area contributed by atoms with Gasteiger partial charge in [0.15, 0.2) is 0 Å². The van der Waals surface area contributed by atoms with Gasteiger partial charge in [0.05, 0.1) is 11.5 Å². The van der Waals surface area contributed by atoms with Gasteiger partial charge in [-0.15, -0.1) is 24.8 Å². The molecule has 1 fully saturated rings. The lowest BCUT2D eigenvalue weighted by Crippen LogP contribution is -2.45.